The number of hydrogen-bond donors (Lipinski definition) is 0. The molecule has 0 aliphatic heterocycles. The Morgan fingerprint density at radius 2 is 2.06 bits per heavy atom. The predicted molar refractivity (Wildman–Crippen MR) is 67.8 cm³/mol. The molecule has 0 aromatic heterocycles. The fourth-order valence-electron chi connectivity index (χ4n) is 1.97. The van der Waals surface area contributed by atoms with Crippen molar-refractivity contribution in [2.24, 2.45) is 4.99 Å². The molecule has 0 bridgehead atoms. The Bertz CT molecular complexity index is 552. The molecule has 6 heteroatoms. The topological polar surface area (TPSA) is 74.7 Å². The maximum atomic E-state index is 11.2. The first-order valence-corrected chi connectivity index (χ1v) is 6.91. The number of nitrogens with zero attached hydrogens (tertiary/aromatic N) is 3. The highest BCUT2D eigenvalue weighted by atomic mass is 31.1. The Morgan fingerprint density at radius 3 is 2.67 bits per heavy atom. The van der Waals surface area contributed by atoms with E-state index >= 15 is 0 Å². The van der Waals surface area contributed by atoms with Crippen molar-refractivity contribution in [3.05, 3.63) is 41.3 Å². The average Bonchev–Trinajstić information content (AvgIpc) is 2.40. The van der Waals surface area contributed by atoms with Crippen LogP contribution in [0.2, 0.25) is 0 Å². The van der Waals surface area contributed by atoms with E-state index in [4.69, 9.17) is 5.39 Å². The van der Waals surface area contributed by atoms with Gasteiger partial charge >= 0.3 is 7.68 Å². The number of aliphatic imine (C=N–C) groups is 1. The van der Waals surface area contributed by atoms with Gasteiger partial charge in [0, 0.05) is 5.71 Å². The molecule has 0 saturated heterocycles. The van der Waals surface area contributed by atoms with E-state index in [1.54, 1.807) is 0 Å². The molecule has 92 valence electrons. The monoisotopic (exact) mass is 261 g/mol. The van der Waals surface area contributed by atoms with Crippen LogP contribution in [0.4, 0.5) is 5.69 Å². The summed E-state index contributed by atoms with van der Waals surface area (Å²) in [6.45, 7) is 0. The SMILES string of the molecule is N#[N+][C-]1CCC(=Nc2ccccc2)C(P(=O)=O)C1. The fraction of sp³-hybridized carbons (Fsp3) is 0.333. The van der Waals surface area contributed by atoms with Gasteiger partial charge in [0.1, 0.15) is 0 Å². The third-order valence-electron chi connectivity index (χ3n) is 2.91. The Labute approximate surface area is 105 Å². The van der Waals surface area contributed by atoms with Gasteiger partial charge in [-0.25, -0.2) is 9.13 Å². The lowest BCUT2D eigenvalue weighted by molar-refractivity contribution is 0.507. The van der Waals surface area contributed by atoms with Crippen molar-refractivity contribution in [1.82, 2.24) is 0 Å². The number of hydrogen-bond acceptors (Lipinski definition) is 4. The lowest BCUT2D eigenvalue weighted by Gasteiger charge is -2.23. The molecular weight excluding hydrogens is 249 g/mol. The zero-order valence-corrected chi connectivity index (χ0v) is 10.6. The quantitative estimate of drug-likeness (QED) is 0.460. The lowest BCUT2D eigenvalue weighted by Crippen LogP contribution is -2.23. The summed E-state index contributed by atoms with van der Waals surface area (Å²) in [5.41, 5.74) is 0.739. The molecule has 0 spiro atoms. The molecule has 1 aliphatic carbocycles. The van der Waals surface area contributed by atoms with Crippen LogP contribution < -0.4 is 0 Å². The van der Waals surface area contributed by atoms with Crippen LogP contribution in [0.25, 0.3) is 4.98 Å². The normalized spacial score (nSPS) is 21.6. The van der Waals surface area contributed by atoms with Gasteiger partial charge in [-0.2, -0.15) is 0 Å². The molecule has 0 heterocycles. The first-order chi connectivity index (χ1) is 8.70. The van der Waals surface area contributed by atoms with Gasteiger partial charge in [-0.1, -0.05) is 31.0 Å². The Morgan fingerprint density at radius 1 is 1.33 bits per heavy atom. The second-order valence-corrected chi connectivity index (χ2v) is 5.30. The summed E-state index contributed by atoms with van der Waals surface area (Å²) in [7, 11) is -2.61. The number of rotatable bonds is 2. The molecule has 2 rings (SSSR count). The Kier molecular flexibility index (Phi) is 3.91. The van der Waals surface area contributed by atoms with Gasteiger partial charge in [-0.05, 0) is 23.5 Å². The van der Waals surface area contributed by atoms with Crippen LogP contribution in [0.15, 0.2) is 35.3 Å². The van der Waals surface area contributed by atoms with Crippen LogP contribution >= 0.6 is 7.68 Å². The van der Waals surface area contributed by atoms with Crippen molar-refractivity contribution >= 4 is 19.1 Å². The fourth-order valence-corrected chi connectivity index (χ4v) is 2.76. The van der Waals surface area contributed by atoms with E-state index in [0.717, 1.165) is 5.69 Å². The summed E-state index contributed by atoms with van der Waals surface area (Å²) < 4.78 is 22.5. The second-order valence-electron chi connectivity index (χ2n) is 4.11. The minimum atomic E-state index is -2.61. The average molecular weight is 261 g/mol. The smallest absolute Gasteiger partial charge is 0.257 e. The largest absolute Gasteiger partial charge is 0.322 e. The first-order valence-electron chi connectivity index (χ1n) is 5.66. The number of benzene rings is 1. The van der Waals surface area contributed by atoms with Crippen molar-refractivity contribution in [1.29, 1.82) is 5.39 Å². The van der Waals surface area contributed by atoms with Crippen molar-refractivity contribution in [3.63, 3.8) is 0 Å². The van der Waals surface area contributed by atoms with Gasteiger partial charge in [-0.3, -0.25) is 4.99 Å². The van der Waals surface area contributed by atoms with Gasteiger partial charge in [0.05, 0.1) is 17.4 Å². The van der Waals surface area contributed by atoms with Gasteiger partial charge in [0.2, 0.25) is 0 Å². The highest BCUT2D eigenvalue weighted by Crippen LogP contribution is 2.35. The lowest BCUT2D eigenvalue weighted by atomic mass is 9.93. The zero-order chi connectivity index (χ0) is 13.0. The van der Waals surface area contributed by atoms with Crippen LogP contribution in [0.1, 0.15) is 19.3 Å². The van der Waals surface area contributed by atoms with Crippen LogP contribution in [0, 0.1) is 11.4 Å². The molecule has 5 nitrogen and oxygen atoms in total. The molecule has 1 saturated carbocycles. The van der Waals surface area contributed by atoms with E-state index in [9.17, 15) is 9.13 Å². The summed E-state index contributed by atoms with van der Waals surface area (Å²) in [6, 6.07) is 9.78. The van der Waals surface area contributed by atoms with E-state index in [2.05, 4.69) is 9.97 Å². The molecule has 0 radical (unpaired) electrons. The van der Waals surface area contributed by atoms with Crippen molar-refractivity contribution in [2.75, 3.05) is 0 Å². The molecule has 18 heavy (non-hydrogen) atoms. The van der Waals surface area contributed by atoms with Crippen LogP contribution in [-0.2, 0) is 9.13 Å². The summed E-state index contributed by atoms with van der Waals surface area (Å²) in [6.07, 6.45) is 1.31. The van der Waals surface area contributed by atoms with Crippen molar-refractivity contribution in [3.8, 4) is 0 Å². The Balaban J connectivity index is 2.27. The third kappa shape index (κ3) is 2.85. The first kappa shape index (κ1) is 12.5. The second kappa shape index (κ2) is 5.61. The van der Waals surface area contributed by atoms with Gasteiger partial charge in [0.25, 0.3) is 0 Å². The standard InChI is InChI=1S/C12H12N3O2P/c13-15-10-6-7-11(12(8-10)18(16)17)14-9-4-2-1-3-5-9/h1-5,12H,6-8H2. The van der Waals surface area contributed by atoms with Crippen LogP contribution in [0.5, 0.6) is 0 Å². The molecular formula is C12H12N3O2P. The minimum Gasteiger partial charge on any atom is -0.257 e. The van der Waals surface area contributed by atoms with E-state index in [1.165, 1.54) is 0 Å². The number of para-hydroxylation sites is 1. The van der Waals surface area contributed by atoms with Gasteiger partial charge in [-0.15, -0.1) is 0 Å². The molecule has 1 aromatic carbocycles. The van der Waals surface area contributed by atoms with E-state index in [1.807, 2.05) is 30.3 Å². The van der Waals surface area contributed by atoms with Crippen molar-refractivity contribution in [2.45, 2.75) is 24.9 Å². The van der Waals surface area contributed by atoms with Gasteiger partial charge < -0.3 is 0 Å². The molecule has 1 unspecified atom stereocenters. The molecule has 1 aromatic rings. The highest BCUT2D eigenvalue weighted by Gasteiger charge is 2.29. The minimum absolute atomic E-state index is 0.237. The third-order valence-corrected chi connectivity index (χ3v) is 3.90. The summed E-state index contributed by atoms with van der Waals surface area (Å²) in [5.74, 6) is 0. The van der Waals surface area contributed by atoms with Crippen LogP contribution in [0.3, 0.4) is 0 Å². The van der Waals surface area contributed by atoms with Crippen LogP contribution in [-0.4, -0.2) is 11.4 Å². The van der Waals surface area contributed by atoms with Crippen molar-refractivity contribution < 1.29 is 9.13 Å². The molecule has 0 N–H and O–H groups in total. The predicted octanol–water partition coefficient (Wildman–Crippen LogP) is 3.87. The Hall–Kier alpha value is -1.92. The number of diazo groups is 1. The molecule has 1 fully saturated rings. The van der Waals surface area contributed by atoms with E-state index in [-0.39, 0.29) is 6.42 Å². The summed E-state index contributed by atoms with van der Waals surface area (Å²) in [5, 5.41) is 8.72. The summed E-state index contributed by atoms with van der Waals surface area (Å²) >= 11 is 0. The van der Waals surface area contributed by atoms with Gasteiger partial charge in [0.15, 0.2) is 5.39 Å². The molecule has 0 amide bonds. The maximum Gasteiger partial charge on any atom is 0.322 e. The van der Waals surface area contributed by atoms with E-state index < -0.39 is 13.3 Å². The zero-order valence-electron chi connectivity index (χ0n) is 9.69. The molecule has 1 atom stereocenters. The van der Waals surface area contributed by atoms with E-state index in [0.29, 0.717) is 24.6 Å². The maximum absolute atomic E-state index is 11.2. The molecule has 1 aliphatic rings. The highest BCUT2D eigenvalue weighted by molar-refractivity contribution is 7.33. The summed E-state index contributed by atoms with van der Waals surface area (Å²) in [4.78, 5) is 7.50.